The Labute approximate surface area is 114 Å². The SMILES string of the molecule is O=C(O)CCC1CCCN(C(=O)C2CC3CC3C2)C1. The molecule has 4 nitrogen and oxygen atoms in total. The van der Waals surface area contributed by atoms with E-state index >= 15 is 0 Å². The van der Waals surface area contributed by atoms with Crippen LogP contribution in [0.25, 0.3) is 0 Å². The first-order chi connectivity index (χ1) is 9.13. The maximum absolute atomic E-state index is 12.5. The molecule has 3 atom stereocenters. The van der Waals surface area contributed by atoms with Crippen LogP contribution in [-0.2, 0) is 9.59 Å². The third kappa shape index (κ3) is 2.93. The number of carbonyl (C=O) groups excluding carboxylic acids is 1. The second-order valence-electron chi connectivity index (χ2n) is 6.65. The Morgan fingerprint density at radius 3 is 2.58 bits per heavy atom. The predicted octanol–water partition coefficient (Wildman–Crippen LogP) is 2.14. The molecule has 0 aromatic carbocycles. The van der Waals surface area contributed by atoms with Crippen molar-refractivity contribution in [2.45, 2.75) is 44.9 Å². The van der Waals surface area contributed by atoms with E-state index in [2.05, 4.69) is 0 Å². The van der Waals surface area contributed by atoms with Gasteiger partial charge in [-0.15, -0.1) is 0 Å². The van der Waals surface area contributed by atoms with E-state index in [9.17, 15) is 9.59 Å². The highest BCUT2D eigenvalue weighted by molar-refractivity contribution is 5.79. The monoisotopic (exact) mass is 265 g/mol. The van der Waals surface area contributed by atoms with Crippen molar-refractivity contribution in [1.29, 1.82) is 0 Å². The van der Waals surface area contributed by atoms with E-state index in [1.165, 1.54) is 6.42 Å². The zero-order chi connectivity index (χ0) is 13.4. The topological polar surface area (TPSA) is 57.6 Å². The minimum absolute atomic E-state index is 0.236. The lowest BCUT2D eigenvalue weighted by Gasteiger charge is -2.34. The number of likely N-dealkylation sites (tertiary alicyclic amines) is 1. The van der Waals surface area contributed by atoms with Crippen molar-refractivity contribution in [3.05, 3.63) is 0 Å². The van der Waals surface area contributed by atoms with Crippen molar-refractivity contribution in [3.8, 4) is 0 Å². The fraction of sp³-hybridized carbons (Fsp3) is 0.867. The van der Waals surface area contributed by atoms with Crippen LogP contribution >= 0.6 is 0 Å². The van der Waals surface area contributed by atoms with E-state index < -0.39 is 5.97 Å². The summed E-state index contributed by atoms with van der Waals surface area (Å²) in [6.45, 7) is 1.67. The van der Waals surface area contributed by atoms with Gasteiger partial charge < -0.3 is 10.0 Å². The highest BCUT2D eigenvalue weighted by atomic mass is 16.4. The van der Waals surface area contributed by atoms with Crippen molar-refractivity contribution >= 4 is 11.9 Å². The molecule has 19 heavy (non-hydrogen) atoms. The van der Waals surface area contributed by atoms with Gasteiger partial charge in [-0.2, -0.15) is 0 Å². The summed E-state index contributed by atoms with van der Waals surface area (Å²) in [5, 5.41) is 8.75. The fourth-order valence-corrected chi connectivity index (χ4v) is 4.00. The molecule has 1 amide bonds. The molecule has 2 aliphatic carbocycles. The molecule has 106 valence electrons. The molecular weight excluding hydrogens is 242 g/mol. The van der Waals surface area contributed by atoms with Crippen molar-refractivity contribution in [2.75, 3.05) is 13.1 Å². The molecule has 0 radical (unpaired) electrons. The predicted molar refractivity (Wildman–Crippen MR) is 70.5 cm³/mol. The first-order valence-corrected chi connectivity index (χ1v) is 7.64. The third-order valence-electron chi connectivity index (χ3n) is 5.19. The van der Waals surface area contributed by atoms with Crippen molar-refractivity contribution in [3.63, 3.8) is 0 Å². The minimum atomic E-state index is -0.723. The van der Waals surface area contributed by atoms with Crippen molar-refractivity contribution in [1.82, 2.24) is 4.90 Å². The quantitative estimate of drug-likeness (QED) is 0.847. The van der Waals surface area contributed by atoms with Gasteiger partial charge in [0, 0.05) is 25.4 Å². The molecule has 0 spiro atoms. The second-order valence-corrected chi connectivity index (χ2v) is 6.65. The minimum Gasteiger partial charge on any atom is -0.481 e. The number of aliphatic carboxylic acids is 1. The second kappa shape index (κ2) is 5.14. The molecular formula is C15H23NO3. The van der Waals surface area contributed by atoms with Gasteiger partial charge in [-0.1, -0.05) is 0 Å². The van der Waals surface area contributed by atoms with Crippen molar-refractivity contribution in [2.24, 2.45) is 23.7 Å². The first-order valence-electron chi connectivity index (χ1n) is 7.64. The molecule has 2 saturated carbocycles. The summed E-state index contributed by atoms with van der Waals surface area (Å²) in [6.07, 6.45) is 6.64. The van der Waals surface area contributed by atoms with Crippen LogP contribution in [0.5, 0.6) is 0 Å². The molecule has 1 N–H and O–H groups in total. The van der Waals surface area contributed by atoms with E-state index in [1.54, 1.807) is 0 Å². The highest BCUT2D eigenvalue weighted by Crippen LogP contribution is 2.54. The summed E-state index contributed by atoms with van der Waals surface area (Å²) in [7, 11) is 0. The van der Waals surface area contributed by atoms with Gasteiger partial charge in [0.15, 0.2) is 0 Å². The van der Waals surface area contributed by atoms with Gasteiger partial charge in [0.2, 0.25) is 5.91 Å². The third-order valence-corrected chi connectivity index (χ3v) is 5.19. The largest absolute Gasteiger partial charge is 0.481 e. The fourth-order valence-electron chi connectivity index (χ4n) is 4.00. The van der Waals surface area contributed by atoms with Gasteiger partial charge in [-0.3, -0.25) is 9.59 Å². The Hall–Kier alpha value is -1.06. The summed E-state index contributed by atoms with van der Waals surface area (Å²) in [6, 6.07) is 0. The maximum Gasteiger partial charge on any atom is 0.303 e. The number of carboxylic acid groups (broad SMARTS) is 1. The normalized spacial score (nSPS) is 36.9. The number of rotatable bonds is 4. The zero-order valence-electron chi connectivity index (χ0n) is 11.4. The average molecular weight is 265 g/mol. The number of fused-ring (bicyclic) bond motifs is 1. The lowest BCUT2D eigenvalue weighted by Crippen LogP contribution is -2.42. The van der Waals surface area contributed by atoms with Crippen molar-refractivity contribution < 1.29 is 14.7 Å². The molecule has 0 bridgehead atoms. The Balaban J connectivity index is 1.49. The van der Waals surface area contributed by atoms with Gasteiger partial charge in [-0.05, 0) is 56.3 Å². The summed E-state index contributed by atoms with van der Waals surface area (Å²) in [4.78, 5) is 25.1. The van der Waals surface area contributed by atoms with E-state index in [1.807, 2.05) is 4.90 Å². The molecule has 0 aromatic rings. The number of carbonyl (C=O) groups is 2. The van der Waals surface area contributed by atoms with Gasteiger partial charge in [-0.25, -0.2) is 0 Å². The van der Waals surface area contributed by atoms with E-state index in [-0.39, 0.29) is 12.3 Å². The van der Waals surface area contributed by atoms with Gasteiger partial charge >= 0.3 is 5.97 Å². The average Bonchev–Trinajstić information content (AvgIpc) is 3.02. The van der Waals surface area contributed by atoms with Crippen LogP contribution in [0.1, 0.15) is 44.9 Å². The number of carboxylic acids is 1. The zero-order valence-corrected chi connectivity index (χ0v) is 11.4. The van der Waals surface area contributed by atoms with Gasteiger partial charge in [0.1, 0.15) is 0 Å². The van der Waals surface area contributed by atoms with Crippen LogP contribution in [0.2, 0.25) is 0 Å². The standard InChI is InChI=1S/C15H23NO3/c17-14(18)4-3-10-2-1-5-16(9-10)15(19)13-7-11-6-12(11)8-13/h10-13H,1-9H2,(H,17,18). The van der Waals surface area contributed by atoms with E-state index in [4.69, 9.17) is 5.11 Å². The summed E-state index contributed by atoms with van der Waals surface area (Å²) >= 11 is 0. The summed E-state index contributed by atoms with van der Waals surface area (Å²) < 4.78 is 0. The van der Waals surface area contributed by atoms with E-state index in [0.717, 1.165) is 57.0 Å². The van der Waals surface area contributed by atoms with Crippen LogP contribution in [0.15, 0.2) is 0 Å². The number of hydrogen-bond acceptors (Lipinski definition) is 2. The molecule has 3 unspecified atom stereocenters. The Morgan fingerprint density at radius 2 is 1.89 bits per heavy atom. The lowest BCUT2D eigenvalue weighted by atomic mass is 9.92. The molecule has 1 aliphatic heterocycles. The van der Waals surface area contributed by atoms with Crippen LogP contribution in [-0.4, -0.2) is 35.0 Å². The lowest BCUT2D eigenvalue weighted by molar-refractivity contribution is -0.138. The van der Waals surface area contributed by atoms with Crippen LogP contribution in [0, 0.1) is 23.7 Å². The first kappa shape index (κ1) is 12.9. The number of hydrogen-bond donors (Lipinski definition) is 1. The molecule has 1 heterocycles. The molecule has 4 heteroatoms. The summed E-state index contributed by atoms with van der Waals surface area (Å²) in [5.41, 5.74) is 0. The van der Waals surface area contributed by atoms with Crippen LogP contribution in [0.3, 0.4) is 0 Å². The summed E-state index contributed by atoms with van der Waals surface area (Å²) in [5.74, 6) is 2.00. The molecule has 3 fully saturated rings. The maximum atomic E-state index is 12.5. The Morgan fingerprint density at radius 1 is 1.16 bits per heavy atom. The van der Waals surface area contributed by atoms with Gasteiger partial charge in [0.25, 0.3) is 0 Å². The number of nitrogens with zero attached hydrogens (tertiary/aromatic N) is 1. The molecule has 3 rings (SSSR count). The smallest absolute Gasteiger partial charge is 0.303 e. The van der Waals surface area contributed by atoms with E-state index in [0.29, 0.717) is 11.8 Å². The van der Waals surface area contributed by atoms with Crippen LogP contribution in [0.4, 0.5) is 0 Å². The molecule has 3 aliphatic rings. The highest BCUT2D eigenvalue weighted by Gasteiger charge is 2.48. The van der Waals surface area contributed by atoms with Crippen LogP contribution < -0.4 is 0 Å². The van der Waals surface area contributed by atoms with Gasteiger partial charge in [0.05, 0.1) is 0 Å². The molecule has 1 saturated heterocycles. The number of amides is 1. The Bertz CT molecular complexity index is 372. The molecule has 0 aromatic heterocycles. The Kier molecular flexibility index (Phi) is 3.50. The number of piperidine rings is 1.